The van der Waals surface area contributed by atoms with Gasteiger partial charge in [0.05, 0.1) is 13.7 Å². The number of hydrogen-bond acceptors (Lipinski definition) is 4. The van der Waals surface area contributed by atoms with Crippen LogP contribution >= 0.6 is 0 Å². The van der Waals surface area contributed by atoms with Crippen LogP contribution in [0.5, 0.6) is 11.5 Å². The van der Waals surface area contributed by atoms with Gasteiger partial charge in [0.25, 0.3) is 0 Å². The summed E-state index contributed by atoms with van der Waals surface area (Å²) in [6.07, 6.45) is 2.11. The molecule has 1 saturated heterocycles. The average Bonchev–Trinajstić information content (AvgIpc) is 2.80. The Bertz CT molecular complexity index is 916. The van der Waals surface area contributed by atoms with Gasteiger partial charge in [-0.2, -0.15) is 0 Å². The maximum absolute atomic E-state index is 6.09. The Morgan fingerprint density at radius 1 is 0.969 bits per heavy atom. The van der Waals surface area contributed by atoms with Crippen LogP contribution in [0.2, 0.25) is 0 Å². The highest BCUT2D eigenvalue weighted by Gasteiger charge is 2.25. The van der Waals surface area contributed by atoms with Crippen molar-refractivity contribution in [1.29, 1.82) is 0 Å². The van der Waals surface area contributed by atoms with Crippen LogP contribution in [0.4, 0.5) is 0 Å². The van der Waals surface area contributed by atoms with E-state index in [2.05, 4.69) is 66.2 Å². The highest BCUT2D eigenvalue weighted by molar-refractivity contribution is 5.80. The van der Waals surface area contributed by atoms with E-state index < -0.39 is 0 Å². The number of likely N-dealkylation sites (N-methyl/N-ethyl adjacent to an activating group) is 1. The molecule has 1 unspecified atom stereocenters. The number of benzene rings is 2. The maximum Gasteiger partial charge on any atom is 0.196 e. The summed E-state index contributed by atoms with van der Waals surface area (Å²) >= 11 is 0. The Kier molecular flexibility index (Phi) is 7.20. The van der Waals surface area contributed by atoms with Crippen LogP contribution in [-0.4, -0.2) is 81.7 Å². The Morgan fingerprint density at radius 2 is 1.69 bits per heavy atom. The topological polar surface area (TPSA) is 40.5 Å². The van der Waals surface area contributed by atoms with Gasteiger partial charge >= 0.3 is 0 Å². The highest BCUT2D eigenvalue weighted by atomic mass is 16.5. The van der Waals surface area contributed by atoms with E-state index in [1.54, 1.807) is 7.11 Å². The van der Waals surface area contributed by atoms with Gasteiger partial charge in [-0.05, 0) is 54.4 Å². The molecule has 1 atom stereocenters. The molecule has 2 aromatic carbocycles. The third-order valence-electron chi connectivity index (χ3n) is 6.44. The molecule has 0 spiro atoms. The average molecular weight is 437 g/mol. The molecule has 6 nitrogen and oxygen atoms in total. The third kappa shape index (κ3) is 5.18. The molecular formula is C26H36N4O2. The van der Waals surface area contributed by atoms with E-state index in [0.29, 0.717) is 12.5 Å². The van der Waals surface area contributed by atoms with Gasteiger partial charge in [-0.15, -0.1) is 0 Å². The molecule has 2 aromatic rings. The van der Waals surface area contributed by atoms with E-state index in [1.807, 2.05) is 12.1 Å². The molecule has 1 fully saturated rings. The van der Waals surface area contributed by atoms with Crippen molar-refractivity contribution in [3.63, 3.8) is 0 Å². The normalized spacial score (nSPS) is 19.0. The number of nitrogens with zero attached hydrogens (tertiary/aromatic N) is 4. The number of hydrogen-bond donors (Lipinski definition) is 0. The second kappa shape index (κ2) is 10.3. The molecule has 0 saturated carbocycles. The summed E-state index contributed by atoms with van der Waals surface area (Å²) in [5.74, 6) is 3.31. The Morgan fingerprint density at radius 3 is 2.41 bits per heavy atom. The predicted octanol–water partition coefficient (Wildman–Crippen LogP) is 3.66. The van der Waals surface area contributed by atoms with Crippen molar-refractivity contribution in [3.05, 3.63) is 59.2 Å². The van der Waals surface area contributed by atoms with Crippen LogP contribution in [0.1, 0.15) is 35.4 Å². The zero-order valence-electron chi connectivity index (χ0n) is 19.9. The van der Waals surface area contributed by atoms with Crippen molar-refractivity contribution in [2.75, 3.05) is 61.0 Å². The molecular weight excluding hydrogens is 400 g/mol. The number of guanidine groups is 1. The second-order valence-corrected chi connectivity index (χ2v) is 8.96. The molecule has 2 aliphatic rings. The first-order chi connectivity index (χ1) is 15.5. The zero-order chi connectivity index (χ0) is 22.5. The minimum Gasteiger partial charge on any atom is -0.497 e. The van der Waals surface area contributed by atoms with Gasteiger partial charge in [-0.3, -0.25) is 4.99 Å². The van der Waals surface area contributed by atoms with Crippen molar-refractivity contribution in [2.24, 2.45) is 4.99 Å². The Hall–Kier alpha value is -2.73. The van der Waals surface area contributed by atoms with E-state index in [0.717, 1.165) is 56.6 Å². The molecule has 0 aliphatic carbocycles. The van der Waals surface area contributed by atoms with Crippen LogP contribution in [0, 0.1) is 0 Å². The predicted molar refractivity (Wildman–Crippen MR) is 130 cm³/mol. The SMILES string of the molecule is COc1ccc(C2CN(C)Cc3cc(OCCCN=C4N(C)CCCN4C)ccc32)cc1. The lowest BCUT2D eigenvalue weighted by atomic mass is 9.84. The number of aliphatic imine (C=N–C) groups is 1. The van der Waals surface area contributed by atoms with E-state index in [4.69, 9.17) is 14.5 Å². The summed E-state index contributed by atoms with van der Waals surface area (Å²) in [6.45, 7) is 5.60. The van der Waals surface area contributed by atoms with Gasteiger partial charge in [0.1, 0.15) is 11.5 Å². The Balaban J connectivity index is 1.37. The van der Waals surface area contributed by atoms with Crippen molar-refractivity contribution in [3.8, 4) is 11.5 Å². The molecule has 32 heavy (non-hydrogen) atoms. The van der Waals surface area contributed by atoms with Crippen LogP contribution in [0.15, 0.2) is 47.5 Å². The zero-order valence-corrected chi connectivity index (χ0v) is 19.9. The first-order valence-electron chi connectivity index (χ1n) is 11.6. The van der Waals surface area contributed by atoms with Crippen LogP contribution < -0.4 is 9.47 Å². The molecule has 4 rings (SSSR count). The van der Waals surface area contributed by atoms with E-state index in [1.165, 1.54) is 23.1 Å². The molecule has 0 N–H and O–H groups in total. The molecule has 2 heterocycles. The van der Waals surface area contributed by atoms with Crippen molar-refractivity contribution in [2.45, 2.75) is 25.3 Å². The summed E-state index contributed by atoms with van der Waals surface area (Å²) in [5, 5.41) is 0. The standard InChI is InChI=1S/C26H36N4O2/c1-28-18-21-17-23(32-16-5-13-27-26-29(2)14-6-15-30(26)3)11-12-24(21)25(19-28)20-7-9-22(31-4)10-8-20/h7-12,17,25H,5-6,13-16,18-19H2,1-4H3. The minimum absolute atomic E-state index is 0.365. The fourth-order valence-corrected chi connectivity index (χ4v) is 4.75. The summed E-state index contributed by atoms with van der Waals surface area (Å²) in [4.78, 5) is 11.6. The largest absolute Gasteiger partial charge is 0.497 e. The van der Waals surface area contributed by atoms with E-state index in [9.17, 15) is 0 Å². The van der Waals surface area contributed by atoms with Crippen molar-refractivity contribution >= 4 is 5.96 Å². The van der Waals surface area contributed by atoms with Gasteiger partial charge in [-0.1, -0.05) is 18.2 Å². The second-order valence-electron chi connectivity index (χ2n) is 8.96. The Labute approximate surface area is 192 Å². The summed E-state index contributed by atoms with van der Waals surface area (Å²) in [5.41, 5.74) is 4.07. The minimum atomic E-state index is 0.365. The van der Waals surface area contributed by atoms with Crippen LogP contribution in [0.25, 0.3) is 0 Å². The number of ether oxygens (including phenoxy) is 2. The molecule has 172 valence electrons. The lowest BCUT2D eigenvalue weighted by Gasteiger charge is -2.34. The first-order valence-corrected chi connectivity index (χ1v) is 11.6. The van der Waals surface area contributed by atoms with Gasteiger partial charge in [0.15, 0.2) is 5.96 Å². The van der Waals surface area contributed by atoms with Crippen molar-refractivity contribution < 1.29 is 9.47 Å². The van der Waals surface area contributed by atoms with Crippen LogP contribution in [0.3, 0.4) is 0 Å². The highest BCUT2D eigenvalue weighted by Crippen LogP contribution is 2.35. The molecule has 0 bridgehead atoms. The van der Waals surface area contributed by atoms with Crippen molar-refractivity contribution in [1.82, 2.24) is 14.7 Å². The summed E-state index contributed by atoms with van der Waals surface area (Å²) < 4.78 is 11.4. The number of fused-ring (bicyclic) bond motifs is 1. The maximum atomic E-state index is 6.09. The smallest absolute Gasteiger partial charge is 0.196 e. The molecule has 2 aliphatic heterocycles. The lowest BCUT2D eigenvalue weighted by molar-refractivity contribution is 0.289. The summed E-state index contributed by atoms with van der Waals surface area (Å²) in [7, 11) is 8.13. The van der Waals surface area contributed by atoms with Crippen LogP contribution in [-0.2, 0) is 6.54 Å². The number of methoxy groups -OCH3 is 1. The van der Waals surface area contributed by atoms with E-state index in [-0.39, 0.29) is 0 Å². The van der Waals surface area contributed by atoms with E-state index >= 15 is 0 Å². The third-order valence-corrected chi connectivity index (χ3v) is 6.44. The molecule has 6 heteroatoms. The number of rotatable bonds is 7. The molecule has 0 radical (unpaired) electrons. The monoisotopic (exact) mass is 436 g/mol. The molecule has 0 amide bonds. The fourth-order valence-electron chi connectivity index (χ4n) is 4.75. The fraction of sp³-hybridized carbons (Fsp3) is 0.500. The van der Waals surface area contributed by atoms with Gasteiger partial charge < -0.3 is 24.2 Å². The quantitative estimate of drug-likeness (QED) is 0.620. The molecule has 0 aromatic heterocycles. The summed E-state index contributed by atoms with van der Waals surface area (Å²) in [6, 6.07) is 15.0. The van der Waals surface area contributed by atoms with Gasteiger partial charge in [0.2, 0.25) is 0 Å². The van der Waals surface area contributed by atoms with Gasteiger partial charge in [0, 0.05) is 59.2 Å². The lowest BCUT2D eigenvalue weighted by Crippen LogP contribution is -2.46. The first kappa shape index (κ1) is 22.5. The van der Waals surface area contributed by atoms with Gasteiger partial charge in [-0.25, -0.2) is 0 Å².